The first kappa shape index (κ1) is 11.7. The van der Waals surface area contributed by atoms with Gasteiger partial charge in [0, 0.05) is 31.8 Å². The fourth-order valence-electron chi connectivity index (χ4n) is 1.37. The van der Waals surface area contributed by atoms with E-state index in [2.05, 4.69) is 9.97 Å². The second-order valence-corrected chi connectivity index (χ2v) is 4.68. The molecule has 0 aliphatic rings. The number of thiazole rings is 1. The smallest absolute Gasteiger partial charge is 0.212 e. The van der Waals surface area contributed by atoms with Crippen LogP contribution in [-0.4, -0.2) is 22.9 Å². The fraction of sp³-hybridized carbons (Fsp3) is 0.250. The summed E-state index contributed by atoms with van der Waals surface area (Å²) in [6.45, 7) is 1.55. The van der Waals surface area contributed by atoms with Crippen LogP contribution in [0.2, 0.25) is 0 Å². The Kier molecular flexibility index (Phi) is 3.49. The molecule has 2 rings (SSSR count). The van der Waals surface area contributed by atoms with Crippen LogP contribution in [0.3, 0.4) is 0 Å². The molecule has 0 spiro atoms. The third-order valence-electron chi connectivity index (χ3n) is 2.26. The zero-order valence-corrected chi connectivity index (χ0v) is 10.5. The summed E-state index contributed by atoms with van der Waals surface area (Å²) in [7, 11) is 1.59. The number of pyridine rings is 1. The number of Topliss-reactive ketones (excluding diaryl/α,β-unsaturated/α-hetero) is 1. The number of rotatable bonds is 4. The van der Waals surface area contributed by atoms with E-state index < -0.39 is 0 Å². The van der Waals surface area contributed by atoms with Crippen LogP contribution >= 0.6 is 11.3 Å². The van der Waals surface area contributed by atoms with E-state index in [1.807, 2.05) is 12.1 Å². The van der Waals surface area contributed by atoms with Gasteiger partial charge in [0.1, 0.15) is 0 Å². The molecular formula is C12H12N2O2S. The Morgan fingerprint density at radius 2 is 2.18 bits per heavy atom. The molecule has 0 amide bonds. The monoisotopic (exact) mass is 248 g/mol. The SMILES string of the molecule is COc1ccc(Cc2ncc(C(C)=O)s2)cn1. The second-order valence-electron chi connectivity index (χ2n) is 3.56. The van der Waals surface area contributed by atoms with Crippen molar-refractivity contribution in [2.45, 2.75) is 13.3 Å². The predicted molar refractivity (Wildman–Crippen MR) is 65.7 cm³/mol. The summed E-state index contributed by atoms with van der Waals surface area (Å²) in [6.07, 6.45) is 4.07. The average molecular weight is 248 g/mol. The van der Waals surface area contributed by atoms with Crippen LogP contribution in [0, 0.1) is 0 Å². The van der Waals surface area contributed by atoms with Gasteiger partial charge in [-0.2, -0.15) is 0 Å². The lowest BCUT2D eigenvalue weighted by Gasteiger charge is -2.00. The van der Waals surface area contributed by atoms with Crippen molar-refractivity contribution in [2.24, 2.45) is 0 Å². The maximum absolute atomic E-state index is 11.1. The van der Waals surface area contributed by atoms with E-state index in [4.69, 9.17) is 4.74 Å². The van der Waals surface area contributed by atoms with Gasteiger partial charge in [0.25, 0.3) is 0 Å². The molecule has 0 radical (unpaired) electrons. The van der Waals surface area contributed by atoms with Gasteiger partial charge in [0.15, 0.2) is 5.78 Å². The molecule has 0 unspecified atom stereocenters. The Hall–Kier alpha value is -1.75. The highest BCUT2D eigenvalue weighted by molar-refractivity contribution is 7.13. The lowest BCUT2D eigenvalue weighted by Crippen LogP contribution is -1.91. The molecular weight excluding hydrogens is 236 g/mol. The number of aromatic nitrogens is 2. The molecule has 0 atom stereocenters. The van der Waals surface area contributed by atoms with E-state index in [0.717, 1.165) is 10.6 Å². The summed E-state index contributed by atoms with van der Waals surface area (Å²) in [5.41, 5.74) is 1.05. The van der Waals surface area contributed by atoms with Gasteiger partial charge in [0.05, 0.1) is 17.0 Å². The van der Waals surface area contributed by atoms with Crippen molar-refractivity contribution >= 4 is 17.1 Å². The molecule has 0 saturated carbocycles. The summed E-state index contributed by atoms with van der Waals surface area (Å²) >= 11 is 1.43. The van der Waals surface area contributed by atoms with Crippen LogP contribution in [0.1, 0.15) is 27.2 Å². The molecule has 0 aromatic carbocycles. The van der Waals surface area contributed by atoms with Crippen molar-refractivity contribution in [3.8, 4) is 5.88 Å². The van der Waals surface area contributed by atoms with Crippen molar-refractivity contribution < 1.29 is 9.53 Å². The van der Waals surface area contributed by atoms with Crippen LogP contribution in [0.25, 0.3) is 0 Å². The van der Waals surface area contributed by atoms with E-state index in [9.17, 15) is 4.79 Å². The van der Waals surface area contributed by atoms with Crippen LogP contribution < -0.4 is 4.74 Å². The minimum atomic E-state index is 0.0570. The Bertz CT molecular complexity index is 520. The minimum absolute atomic E-state index is 0.0570. The second kappa shape index (κ2) is 5.05. The maximum atomic E-state index is 11.1. The largest absolute Gasteiger partial charge is 0.481 e. The number of carbonyl (C=O) groups excluding carboxylic acids is 1. The Balaban J connectivity index is 2.11. The van der Waals surface area contributed by atoms with Gasteiger partial charge < -0.3 is 4.74 Å². The fourth-order valence-corrected chi connectivity index (χ4v) is 2.21. The highest BCUT2D eigenvalue weighted by atomic mass is 32.1. The predicted octanol–water partition coefficient (Wildman–Crippen LogP) is 2.34. The summed E-state index contributed by atoms with van der Waals surface area (Å²) in [6, 6.07) is 3.76. The van der Waals surface area contributed by atoms with E-state index in [1.54, 1.807) is 26.4 Å². The van der Waals surface area contributed by atoms with Gasteiger partial charge in [-0.3, -0.25) is 4.79 Å². The van der Waals surface area contributed by atoms with Crippen molar-refractivity contribution in [3.05, 3.63) is 40.0 Å². The van der Waals surface area contributed by atoms with Gasteiger partial charge in [-0.1, -0.05) is 6.07 Å². The number of nitrogens with zero attached hydrogens (tertiary/aromatic N) is 2. The first-order valence-electron chi connectivity index (χ1n) is 5.13. The Labute approximate surface area is 103 Å². The standard InChI is InChI=1S/C12H12N2O2S/c1-8(15)10-7-14-12(17-10)5-9-3-4-11(16-2)13-6-9/h3-4,6-7H,5H2,1-2H3. The Morgan fingerprint density at radius 3 is 2.71 bits per heavy atom. The van der Waals surface area contributed by atoms with E-state index in [0.29, 0.717) is 17.2 Å². The molecule has 4 nitrogen and oxygen atoms in total. The molecule has 0 aliphatic heterocycles. The van der Waals surface area contributed by atoms with Crippen LogP contribution in [0.15, 0.2) is 24.5 Å². The summed E-state index contributed by atoms with van der Waals surface area (Å²) in [5.74, 6) is 0.652. The normalized spacial score (nSPS) is 10.2. The number of hydrogen-bond acceptors (Lipinski definition) is 5. The lowest BCUT2D eigenvalue weighted by atomic mass is 10.2. The summed E-state index contributed by atoms with van der Waals surface area (Å²) < 4.78 is 4.99. The topological polar surface area (TPSA) is 52.1 Å². The molecule has 2 aromatic rings. The minimum Gasteiger partial charge on any atom is -0.481 e. The van der Waals surface area contributed by atoms with Crippen LogP contribution in [0.5, 0.6) is 5.88 Å². The molecule has 0 aliphatic carbocycles. The number of hydrogen-bond donors (Lipinski definition) is 0. The van der Waals surface area contributed by atoms with Gasteiger partial charge in [-0.25, -0.2) is 9.97 Å². The molecule has 0 N–H and O–H groups in total. The number of methoxy groups -OCH3 is 1. The quantitative estimate of drug-likeness (QED) is 0.779. The van der Waals surface area contributed by atoms with Crippen LogP contribution in [0.4, 0.5) is 0 Å². The molecule has 88 valence electrons. The van der Waals surface area contributed by atoms with Crippen molar-refractivity contribution in [1.82, 2.24) is 9.97 Å². The van der Waals surface area contributed by atoms with Crippen molar-refractivity contribution in [1.29, 1.82) is 0 Å². The molecule has 2 aromatic heterocycles. The molecule has 5 heteroatoms. The van der Waals surface area contributed by atoms with Crippen molar-refractivity contribution in [2.75, 3.05) is 7.11 Å². The number of carbonyl (C=O) groups is 1. The van der Waals surface area contributed by atoms with Gasteiger partial charge >= 0.3 is 0 Å². The maximum Gasteiger partial charge on any atom is 0.212 e. The number of ketones is 1. The third-order valence-corrected chi connectivity index (χ3v) is 3.36. The van der Waals surface area contributed by atoms with Crippen molar-refractivity contribution in [3.63, 3.8) is 0 Å². The zero-order valence-electron chi connectivity index (χ0n) is 9.64. The molecule has 2 heterocycles. The van der Waals surface area contributed by atoms with E-state index >= 15 is 0 Å². The third kappa shape index (κ3) is 2.88. The highest BCUT2D eigenvalue weighted by Crippen LogP contribution is 2.17. The van der Waals surface area contributed by atoms with Crippen LogP contribution in [-0.2, 0) is 6.42 Å². The van der Waals surface area contributed by atoms with Gasteiger partial charge in [0.2, 0.25) is 5.88 Å². The first-order chi connectivity index (χ1) is 8.19. The average Bonchev–Trinajstić information content (AvgIpc) is 2.79. The van der Waals surface area contributed by atoms with E-state index in [-0.39, 0.29) is 5.78 Å². The molecule has 17 heavy (non-hydrogen) atoms. The Morgan fingerprint density at radius 1 is 1.35 bits per heavy atom. The summed E-state index contributed by atoms with van der Waals surface area (Å²) in [4.78, 5) is 20.2. The molecule has 0 saturated heterocycles. The molecule has 0 bridgehead atoms. The first-order valence-corrected chi connectivity index (χ1v) is 5.95. The number of ether oxygens (including phenoxy) is 1. The summed E-state index contributed by atoms with van der Waals surface area (Å²) in [5, 5.41) is 0.919. The van der Waals surface area contributed by atoms with E-state index in [1.165, 1.54) is 11.3 Å². The van der Waals surface area contributed by atoms with Gasteiger partial charge in [-0.05, 0) is 5.56 Å². The highest BCUT2D eigenvalue weighted by Gasteiger charge is 2.06. The zero-order chi connectivity index (χ0) is 12.3. The molecule has 0 fully saturated rings. The van der Waals surface area contributed by atoms with Gasteiger partial charge in [-0.15, -0.1) is 11.3 Å². The lowest BCUT2D eigenvalue weighted by molar-refractivity contribution is 0.102.